The number of nitrogens with zero attached hydrogens (tertiary/aromatic N) is 4. The maximum Gasteiger partial charge on any atom is 0.250 e. The quantitative estimate of drug-likeness (QED) is 0.156. The van der Waals surface area contributed by atoms with Gasteiger partial charge in [-0.3, -0.25) is 9.36 Å². The number of aromatic nitrogens is 3. The molecular weight excluding hydrogens is 518 g/mol. The number of thioether (sulfide) groups is 1. The number of carbonyl (C=O) groups is 1. The minimum atomic E-state index is -0.288. The average molecular weight is 548 g/mol. The van der Waals surface area contributed by atoms with Gasteiger partial charge in [-0.1, -0.05) is 30.0 Å². The van der Waals surface area contributed by atoms with E-state index >= 15 is 0 Å². The van der Waals surface area contributed by atoms with Crippen molar-refractivity contribution < 1.29 is 23.7 Å². The van der Waals surface area contributed by atoms with Gasteiger partial charge in [0.25, 0.3) is 5.91 Å². The number of nitrogens with one attached hydrogen (secondary N) is 1. The predicted molar refractivity (Wildman–Crippen MR) is 151 cm³/mol. The molecule has 1 amide bonds. The molecular formula is C28H29N5O5S. The zero-order valence-corrected chi connectivity index (χ0v) is 22.9. The highest BCUT2D eigenvalue weighted by Gasteiger charge is 2.18. The summed E-state index contributed by atoms with van der Waals surface area (Å²) in [5, 5.41) is 13.4. The minimum Gasteiger partial charge on any atom is -0.493 e. The van der Waals surface area contributed by atoms with Crippen molar-refractivity contribution in [3.63, 3.8) is 0 Å². The van der Waals surface area contributed by atoms with Crippen molar-refractivity contribution in [2.75, 3.05) is 33.7 Å². The molecule has 1 heterocycles. The smallest absolute Gasteiger partial charge is 0.250 e. The van der Waals surface area contributed by atoms with Crippen LogP contribution in [0.3, 0.4) is 0 Å². The number of amides is 1. The van der Waals surface area contributed by atoms with Gasteiger partial charge >= 0.3 is 0 Å². The molecule has 0 bridgehead atoms. The average Bonchev–Trinajstić information content (AvgIpc) is 3.41. The van der Waals surface area contributed by atoms with Gasteiger partial charge in [-0.25, -0.2) is 5.43 Å². The first-order valence-electron chi connectivity index (χ1n) is 12.1. The third-order valence-electron chi connectivity index (χ3n) is 5.51. The summed E-state index contributed by atoms with van der Waals surface area (Å²) in [5.74, 6) is 2.83. The van der Waals surface area contributed by atoms with Gasteiger partial charge in [0.2, 0.25) is 0 Å². The van der Waals surface area contributed by atoms with E-state index in [4.69, 9.17) is 18.9 Å². The summed E-state index contributed by atoms with van der Waals surface area (Å²) in [6.07, 6.45) is 1.54. The van der Waals surface area contributed by atoms with E-state index in [2.05, 4.69) is 20.7 Å². The van der Waals surface area contributed by atoms with Gasteiger partial charge in [-0.2, -0.15) is 5.10 Å². The molecule has 202 valence electrons. The lowest BCUT2D eigenvalue weighted by molar-refractivity contribution is -0.118. The van der Waals surface area contributed by atoms with Gasteiger partial charge in [-0.05, 0) is 61.0 Å². The highest BCUT2D eigenvalue weighted by molar-refractivity contribution is 7.99. The van der Waals surface area contributed by atoms with Crippen LogP contribution in [0.25, 0.3) is 17.1 Å². The van der Waals surface area contributed by atoms with E-state index in [-0.39, 0.29) is 11.7 Å². The van der Waals surface area contributed by atoms with Crippen LogP contribution in [-0.4, -0.2) is 60.6 Å². The second kappa shape index (κ2) is 13.3. The lowest BCUT2D eigenvalue weighted by atomic mass is 10.2. The third kappa shape index (κ3) is 6.68. The number of hydrogen-bond acceptors (Lipinski definition) is 9. The van der Waals surface area contributed by atoms with Gasteiger partial charge in [-0.15, -0.1) is 10.2 Å². The van der Waals surface area contributed by atoms with E-state index in [0.29, 0.717) is 40.6 Å². The van der Waals surface area contributed by atoms with E-state index < -0.39 is 0 Å². The highest BCUT2D eigenvalue weighted by atomic mass is 32.2. The molecule has 39 heavy (non-hydrogen) atoms. The van der Waals surface area contributed by atoms with Crippen LogP contribution < -0.4 is 24.4 Å². The Hall–Kier alpha value is -4.51. The van der Waals surface area contributed by atoms with Crippen LogP contribution in [0.1, 0.15) is 12.5 Å². The molecule has 4 rings (SSSR count). The number of carbonyl (C=O) groups excluding carboxylic acids is 1. The zero-order valence-electron chi connectivity index (χ0n) is 22.1. The summed E-state index contributed by atoms with van der Waals surface area (Å²) < 4.78 is 23.6. The van der Waals surface area contributed by atoms with Crippen LogP contribution in [0.5, 0.6) is 23.0 Å². The van der Waals surface area contributed by atoms with E-state index in [1.165, 1.54) is 11.8 Å². The van der Waals surface area contributed by atoms with Gasteiger partial charge < -0.3 is 18.9 Å². The third-order valence-corrected chi connectivity index (χ3v) is 6.44. The number of ether oxygens (including phenoxy) is 4. The zero-order chi connectivity index (χ0) is 27.6. The maximum absolute atomic E-state index is 12.6. The van der Waals surface area contributed by atoms with Crippen molar-refractivity contribution in [1.82, 2.24) is 20.2 Å². The summed E-state index contributed by atoms with van der Waals surface area (Å²) in [6, 6.07) is 20.7. The van der Waals surface area contributed by atoms with Crippen molar-refractivity contribution >= 4 is 23.9 Å². The second-order valence-corrected chi connectivity index (χ2v) is 8.91. The van der Waals surface area contributed by atoms with Crippen LogP contribution in [0.4, 0.5) is 0 Å². The van der Waals surface area contributed by atoms with Gasteiger partial charge in [0.15, 0.2) is 34.0 Å². The predicted octanol–water partition coefficient (Wildman–Crippen LogP) is 4.60. The molecule has 1 aromatic heterocycles. The standard InChI is InChI=1S/C28H29N5O5S/c1-5-38-23-13-11-19(15-24(23)36-3)17-29-30-26(34)18-39-28-32-31-27(33(28)21-9-7-6-8-10-21)20-12-14-22(35-2)25(16-20)37-4/h6-17H,5,18H2,1-4H3,(H,30,34). The fraction of sp³-hybridized carbons (Fsp3) is 0.214. The first-order chi connectivity index (χ1) is 19.1. The molecule has 11 heteroatoms. The van der Waals surface area contributed by atoms with Gasteiger partial charge in [0.05, 0.1) is 39.9 Å². The Morgan fingerprint density at radius 1 is 0.923 bits per heavy atom. The molecule has 0 saturated carbocycles. The van der Waals surface area contributed by atoms with Gasteiger partial charge in [0.1, 0.15) is 0 Å². The maximum atomic E-state index is 12.6. The monoisotopic (exact) mass is 547 g/mol. The Balaban J connectivity index is 1.49. The molecule has 4 aromatic rings. The van der Waals surface area contributed by atoms with Crippen molar-refractivity contribution in [2.45, 2.75) is 12.1 Å². The molecule has 1 N–H and O–H groups in total. The van der Waals surface area contributed by atoms with Crippen molar-refractivity contribution in [1.29, 1.82) is 0 Å². The molecule has 0 saturated heterocycles. The Bertz CT molecular complexity index is 1440. The minimum absolute atomic E-state index is 0.0842. The van der Waals surface area contributed by atoms with E-state index in [1.807, 2.05) is 66.1 Å². The molecule has 0 radical (unpaired) electrons. The number of hydrogen-bond donors (Lipinski definition) is 1. The number of methoxy groups -OCH3 is 3. The van der Waals surface area contributed by atoms with E-state index in [0.717, 1.165) is 16.8 Å². The fourth-order valence-electron chi connectivity index (χ4n) is 3.72. The fourth-order valence-corrected chi connectivity index (χ4v) is 4.46. The Labute approximate surface area is 231 Å². The molecule has 0 unspecified atom stereocenters. The molecule has 0 fully saturated rings. The summed E-state index contributed by atoms with van der Waals surface area (Å²) in [6.45, 7) is 2.44. The lowest BCUT2D eigenvalue weighted by Gasteiger charge is -2.12. The van der Waals surface area contributed by atoms with Crippen LogP contribution in [-0.2, 0) is 4.79 Å². The van der Waals surface area contributed by atoms with Crippen LogP contribution in [0, 0.1) is 0 Å². The topological polar surface area (TPSA) is 109 Å². The Kier molecular flexibility index (Phi) is 9.41. The summed E-state index contributed by atoms with van der Waals surface area (Å²) >= 11 is 1.25. The largest absolute Gasteiger partial charge is 0.493 e. The molecule has 0 atom stereocenters. The Morgan fingerprint density at radius 3 is 2.36 bits per heavy atom. The molecule has 0 aliphatic heterocycles. The first kappa shape index (κ1) is 27.5. The van der Waals surface area contributed by atoms with Gasteiger partial charge in [0, 0.05) is 11.3 Å². The van der Waals surface area contributed by atoms with Crippen molar-refractivity contribution in [2.24, 2.45) is 5.10 Å². The number of hydrazone groups is 1. The highest BCUT2D eigenvalue weighted by Crippen LogP contribution is 2.34. The molecule has 0 aliphatic carbocycles. The van der Waals surface area contributed by atoms with E-state index in [1.54, 1.807) is 39.7 Å². The molecule has 0 aliphatic rings. The normalized spacial score (nSPS) is 10.9. The Morgan fingerprint density at radius 2 is 1.64 bits per heavy atom. The summed E-state index contributed by atoms with van der Waals surface area (Å²) in [5.41, 5.74) is 4.96. The van der Waals surface area contributed by atoms with Crippen LogP contribution >= 0.6 is 11.8 Å². The first-order valence-corrected chi connectivity index (χ1v) is 13.0. The van der Waals surface area contributed by atoms with Crippen molar-refractivity contribution in [3.8, 4) is 40.1 Å². The lowest BCUT2D eigenvalue weighted by Crippen LogP contribution is -2.20. The SMILES string of the molecule is CCOc1ccc(C=NNC(=O)CSc2nnc(-c3ccc(OC)c(OC)c3)n2-c2ccccc2)cc1OC. The van der Waals surface area contributed by atoms with Crippen LogP contribution in [0.2, 0.25) is 0 Å². The number of para-hydroxylation sites is 1. The second-order valence-electron chi connectivity index (χ2n) is 7.97. The number of rotatable bonds is 12. The summed E-state index contributed by atoms with van der Waals surface area (Å²) in [7, 11) is 4.74. The molecule has 3 aromatic carbocycles. The van der Waals surface area contributed by atoms with E-state index in [9.17, 15) is 4.79 Å². The van der Waals surface area contributed by atoms with Crippen molar-refractivity contribution in [3.05, 3.63) is 72.3 Å². The summed E-state index contributed by atoms with van der Waals surface area (Å²) in [4.78, 5) is 12.6. The number of benzene rings is 3. The molecule has 0 spiro atoms. The molecule has 10 nitrogen and oxygen atoms in total. The van der Waals surface area contributed by atoms with Crippen LogP contribution in [0.15, 0.2) is 77.0 Å².